The van der Waals surface area contributed by atoms with E-state index < -0.39 is 6.61 Å². The highest BCUT2D eigenvalue weighted by Gasteiger charge is 2.38. The van der Waals surface area contributed by atoms with Gasteiger partial charge in [-0.1, -0.05) is 31.4 Å². The lowest BCUT2D eigenvalue weighted by Crippen LogP contribution is -2.48. The van der Waals surface area contributed by atoms with Crippen molar-refractivity contribution in [1.82, 2.24) is 9.80 Å². The smallest absolute Gasteiger partial charge is 0.387 e. The normalized spacial score (nSPS) is 20.4. The Labute approximate surface area is 164 Å². The molecule has 1 saturated carbocycles. The van der Waals surface area contributed by atoms with E-state index in [1.807, 2.05) is 0 Å². The highest BCUT2D eigenvalue weighted by atomic mass is 19.3. The zero-order valence-corrected chi connectivity index (χ0v) is 16.3. The molecule has 5 nitrogen and oxygen atoms in total. The lowest BCUT2D eigenvalue weighted by molar-refractivity contribution is -0.146. The first-order chi connectivity index (χ1) is 13.5. The van der Waals surface area contributed by atoms with Gasteiger partial charge >= 0.3 is 6.61 Å². The molecule has 1 aliphatic carbocycles. The first-order valence-electron chi connectivity index (χ1n) is 10.0. The fourth-order valence-corrected chi connectivity index (χ4v) is 4.25. The van der Waals surface area contributed by atoms with E-state index in [2.05, 4.69) is 4.74 Å². The first kappa shape index (κ1) is 20.6. The van der Waals surface area contributed by atoms with E-state index >= 15 is 0 Å². The molecule has 0 unspecified atom stereocenters. The molecule has 2 amide bonds. The molecule has 0 bridgehead atoms. The van der Waals surface area contributed by atoms with Crippen LogP contribution in [0, 0.1) is 5.92 Å². The van der Waals surface area contributed by atoms with E-state index in [9.17, 15) is 18.4 Å². The Morgan fingerprint density at radius 2 is 1.79 bits per heavy atom. The van der Waals surface area contributed by atoms with Crippen molar-refractivity contribution < 1.29 is 23.1 Å². The second-order valence-corrected chi connectivity index (χ2v) is 7.74. The maximum Gasteiger partial charge on any atom is 0.387 e. The van der Waals surface area contributed by atoms with Crippen LogP contribution < -0.4 is 4.74 Å². The number of hydrogen-bond donors (Lipinski definition) is 0. The number of halogens is 2. The predicted octanol–water partition coefficient (Wildman–Crippen LogP) is 3.82. The van der Waals surface area contributed by atoms with Gasteiger partial charge in [-0.3, -0.25) is 9.59 Å². The Morgan fingerprint density at radius 3 is 2.43 bits per heavy atom. The van der Waals surface area contributed by atoms with Crippen molar-refractivity contribution >= 4 is 11.8 Å². The molecule has 0 aromatic heterocycles. The summed E-state index contributed by atoms with van der Waals surface area (Å²) in [5.41, 5.74) is 0.820. The zero-order valence-electron chi connectivity index (χ0n) is 16.3. The average molecular weight is 394 g/mol. The number of benzene rings is 1. The van der Waals surface area contributed by atoms with E-state index in [-0.39, 0.29) is 29.5 Å². The molecule has 1 heterocycles. The second-order valence-electron chi connectivity index (χ2n) is 7.74. The molecule has 0 N–H and O–H groups in total. The van der Waals surface area contributed by atoms with Crippen molar-refractivity contribution in [2.45, 2.75) is 64.1 Å². The topological polar surface area (TPSA) is 49.9 Å². The Morgan fingerprint density at radius 1 is 1.11 bits per heavy atom. The van der Waals surface area contributed by atoms with Crippen LogP contribution in [-0.4, -0.2) is 47.9 Å². The van der Waals surface area contributed by atoms with Crippen molar-refractivity contribution in [3.8, 4) is 5.75 Å². The zero-order chi connectivity index (χ0) is 20.1. The van der Waals surface area contributed by atoms with Gasteiger partial charge in [0.25, 0.3) is 0 Å². The van der Waals surface area contributed by atoms with Gasteiger partial charge in [0.05, 0.1) is 0 Å². The van der Waals surface area contributed by atoms with E-state index in [0.29, 0.717) is 19.5 Å². The summed E-state index contributed by atoms with van der Waals surface area (Å²) in [7, 11) is 1.72. The van der Waals surface area contributed by atoms with Crippen LogP contribution >= 0.6 is 0 Å². The molecule has 1 saturated heterocycles. The number of nitrogens with zero attached hydrogens (tertiary/aromatic N) is 2. The van der Waals surface area contributed by atoms with Crippen LogP contribution in [0.2, 0.25) is 0 Å². The number of rotatable bonds is 6. The van der Waals surface area contributed by atoms with Gasteiger partial charge in [0.1, 0.15) is 11.8 Å². The highest BCUT2D eigenvalue weighted by Crippen LogP contribution is 2.29. The van der Waals surface area contributed by atoms with E-state index in [4.69, 9.17) is 0 Å². The largest absolute Gasteiger partial charge is 0.435 e. The number of carbonyl (C=O) groups is 2. The van der Waals surface area contributed by atoms with E-state index in [1.165, 1.54) is 18.6 Å². The minimum absolute atomic E-state index is 0.0606. The quantitative estimate of drug-likeness (QED) is 0.737. The molecule has 1 atom stereocenters. The number of likely N-dealkylation sites (tertiary alicyclic amines) is 1. The molecule has 7 heteroatoms. The number of amides is 2. The average Bonchev–Trinajstić information content (AvgIpc) is 3.18. The summed E-state index contributed by atoms with van der Waals surface area (Å²) in [5, 5.41) is 0. The van der Waals surface area contributed by atoms with Crippen LogP contribution in [0.3, 0.4) is 0 Å². The molecule has 2 aliphatic rings. The minimum atomic E-state index is -2.86. The number of carbonyl (C=O) groups excluding carboxylic acids is 2. The summed E-state index contributed by atoms with van der Waals surface area (Å²) in [4.78, 5) is 29.3. The molecular formula is C21H28F2N2O3. The van der Waals surface area contributed by atoms with Crippen LogP contribution in [0.4, 0.5) is 8.78 Å². The predicted molar refractivity (Wildman–Crippen MR) is 101 cm³/mol. The van der Waals surface area contributed by atoms with Gasteiger partial charge in [-0.15, -0.1) is 0 Å². The highest BCUT2D eigenvalue weighted by molar-refractivity contribution is 5.89. The molecule has 0 radical (unpaired) electrons. The monoisotopic (exact) mass is 394 g/mol. The second kappa shape index (κ2) is 9.34. The Balaban J connectivity index is 1.59. The van der Waals surface area contributed by atoms with Crippen molar-refractivity contribution in [2.75, 3.05) is 13.6 Å². The summed E-state index contributed by atoms with van der Waals surface area (Å²) in [6, 6.07) is 5.88. The Kier molecular flexibility index (Phi) is 6.86. The maximum atomic E-state index is 13.0. The summed E-state index contributed by atoms with van der Waals surface area (Å²) < 4.78 is 28.8. The van der Waals surface area contributed by atoms with Gasteiger partial charge in [0, 0.05) is 26.1 Å². The molecule has 154 valence electrons. The van der Waals surface area contributed by atoms with Gasteiger partial charge in [0.15, 0.2) is 0 Å². The minimum Gasteiger partial charge on any atom is -0.435 e. The maximum absolute atomic E-state index is 13.0. The summed E-state index contributed by atoms with van der Waals surface area (Å²) in [6.45, 7) is -1.85. The van der Waals surface area contributed by atoms with Gasteiger partial charge in [-0.2, -0.15) is 8.78 Å². The molecule has 1 aromatic rings. The summed E-state index contributed by atoms with van der Waals surface area (Å²) in [5.74, 6) is 0.231. The van der Waals surface area contributed by atoms with Crippen molar-refractivity contribution in [3.63, 3.8) is 0 Å². The third kappa shape index (κ3) is 5.00. The molecule has 3 rings (SSSR count). The number of likely N-dealkylation sites (N-methyl/N-ethyl adjacent to an activating group) is 1. The molecule has 2 fully saturated rings. The first-order valence-corrected chi connectivity index (χ1v) is 10.0. The molecule has 1 aliphatic heterocycles. The van der Waals surface area contributed by atoms with Crippen LogP contribution in [0.15, 0.2) is 24.3 Å². The van der Waals surface area contributed by atoms with Crippen molar-refractivity contribution in [3.05, 3.63) is 29.8 Å². The standard InChI is InChI=1S/C21H28F2N2O3/c1-24(14-15-9-11-17(12-10-15)28-21(22)23)20(27)18-8-5-13-25(18)19(26)16-6-3-2-4-7-16/h9-12,16,18,21H,2-8,13-14H2,1H3/t18-/m1/s1. The molecule has 1 aromatic carbocycles. The SMILES string of the molecule is CN(Cc1ccc(OC(F)F)cc1)C(=O)[C@H]1CCCN1C(=O)C1CCCCC1. The summed E-state index contributed by atoms with van der Waals surface area (Å²) >= 11 is 0. The fraction of sp³-hybridized carbons (Fsp3) is 0.619. The lowest BCUT2D eigenvalue weighted by Gasteiger charge is -2.32. The van der Waals surface area contributed by atoms with Crippen molar-refractivity contribution in [1.29, 1.82) is 0 Å². The van der Waals surface area contributed by atoms with Gasteiger partial charge in [0.2, 0.25) is 11.8 Å². The third-order valence-corrected chi connectivity index (χ3v) is 5.72. The van der Waals surface area contributed by atoms with Gasteiger partial charge in [-0.25, -0.2) is 0 Å². The number of ether oxygens (including phenoxy) is 1. The van der Waals surface area contributed by atoms with Crippen molar-refractivity contribution in [2.24, 2.45) is 5.92 Å². The van der Waals surface area contributed by atoms with E-state index in [1.54, 1.807) is 29.0 Å². The summed E-state index contributed by atoms with van der Waals surface area (Å²) in [6.07, 6.45) is 6.78. The van der Waals surface area contributed by atoms with Crippen LogP contribution in [0.1, 0.15) is 50.5 Å². The van der Waals surface area contributed by atoms with E-state index in [0.717, 1.165) is 37.7 Å². The van der Waals surface area contributed by atoms with Crippen LogP contribution in [-0.2, 0) is 16.1 Å². The third-order valence-electron chi connectivity index (χ3n) is 5.72. The van der Waals surface area contributed by atoms with Gasteiger partial charge < -0.3 is 14.5 Å². The number of hydrogen-bond acceptors (Lipinski definition) is 3. The Hall–Kier alpha value is -2.18. The number of alkyl halides is 2. The van der Waals surface area contributed by atoms with Gasteiger partial charge in [-0.05, 0) is 43.4 Å². The molecular weight excluding hydrogens is 366 g/mol. The lowest BCUT2D eigenvalue weighted by atomic mass is 9.88. The fourth-order valence-electron chi connectivity index (χ4n) is 4.25. The van der Waals surface area contributed by atoms with Crippen LogP contribution in [0.5, 0.6) is 5.75 Å². The Bertz CT molecular complexity index is 675. The van der Waals surface area contributed by atoms with Crippen LogP contribution in [0.25, 0.3) is 0 Å². The molecule has 28 heavy (non-hydrogen) atoms. The molecule has 0 spiro atoms.